The van der Waals surface area contributed by atoms with Crippen LogP contribution in [0.3, 0.4) is 0 Å². The van der Waals surface area contributed by atoms with Gasteiger partial charge in [0.1, 0.15) is 0 Å². The first-order valence-electron chi connectivity index (χ1n) is 6.62. The third-order valence-electron chi connectivity index (χ3n) is 3.27. The molecule has 1 aromatic rings. The van der Waals surface area contributed by atoms with E-state index in [4.69, 9.17) is 0 Å². The summed E-state index contributed by atoms with van der Waals surface area (Å²) < 4.78 is 0. The second kappa shape index (κ2) is 5.07. The van der Waals surface area contributed by atoms with Gasteiger partial charge in [-0.15, -0.1) is 0 Å². The number of nitrogens with zero attached hydrogens (tertiary/aromatic N) is 2. The second-order valence-electron chi connectivity index (χ2n) is 5.95. The zero-order valence-electron chi connectivity index (χ0n) is 12.1. The highest BCUT2D eigenvalue weighted by atomic mass is 16.2. The third-order valence-corrected chi connectivity index (χ3v) is 3.27. The summed E-state index contributed by atoms with van der Waals surface area (Å²) in [5.74, 6) is 0.116. The molecule has 2 rings (SSSR count). The van der Waals surface area contributed by atoms with Crippen molar-refractivity contribution in [3.05, 3.63) is 23.4 Å². The molecule has 1 amide bonds. The highest BCUT2D eigenvalue weighted by Crippen LogP contribution is 2.24. The van der Waals surface area contributed by atoms with Crippen molar-refractivity contribution in [1.29, 1.82) is 0 Å². The minimum Gasteiger partial charge on any atom is -0.385 e. The van der Waals surface area contributed by atoms with E-state index in [2.05, 4.69) is 36.1 Å². The van der Waals surface area contributed by atoms with Gasteiger partial charge in [-0.1, -0.05) is 20.8 Å². The summed E-state index contributed by atoms with van der Waals surface area (Å²) in [7, 11) is 0. The summed E-state index contributed by atoms with van der Waals surface area (Å²) in [6.07, 6.45) is 3.75. The first-order chi connectivity index (χ1) is 8.88. The van der Waals surface area contributed by atoms with Gasteiger partial charge >= 0.3 is 0 Å². The molecular weight excluding hydrogens is 240 g/mol. The molecule has 1 saturated heterocycles. The van der Waals surface area contributed by atoms with Crippen LogP contribution in [0.25, 0.3) is 6.08 Å². The number of rotatable bonds is 1. The first kappa shape index (κ1) is 13.6. The molecule has 0 unspecified atom stereocenters. The van der Waals surface area contributed by atoms with E-state index in [0.29, 0.717) is 6.54 Å². The van der Waals surface area contributed by atoms with Crippen molar-refractivity contribution < 1.29 is 4.79 Å². The van der Waals surface area contributed by atoms with Gasteiger partial charge in [0, 0.05) is 36.8 Å². The third kappa shape index (κ3) is 3.16. The smallest absolute Gasteiger partial charge is 0.219 e. The summed E-state index contributed by atoms with van der Waals surface area (Å²) in [6, 6.07) is 0. The Morgan fingerprint density at radius 3 is 2.84 bits per heavy atom. The van der Waals surface area contributed by atoms with Crippen LogP contribution in [0.1, 0.15) is 39.1 Å². The number of piperazine rings is 1. The van der Waals surface area contributed by atoms with Crippen LogP contribution >= 0.6 is 0 Å². The number of aromatic amines is 1. The molecular formula is C14H22N4O. The van der Waals surface area contributed by atoms with Gasteiger partial charge in [0.05, 0.1) is 18.6 Å². The molecule has 0 spiro atoms. The van der Waals surface area contributed by atoms with Crippen LogP contribution in [0.15, 0.2) is 12.0 Å². The SMILES string of the molecule is CC(=O)N1CCN/C(=C\c2nc[nH]c2C(C)(C)C)C1. The lowest BCUT2D eigenvalue weighted by molar-refractivity contribution is -0.128. The fourth-order valence-electron chi connectivity index (χ4n) is 2.24. The Kier molecular flexibility index (Phi) is 3.64. The average molecular weight is 262 g/mol. The van der Waals surface area contributed by atoms with Gasteiger partial charge in [0.15, 0.2) is 0 Å². The normalized spacial score (nSPS) is 18.5. The average Bonchev–Trinajstić information content (AvgIpc) is 2.77. The predicted molar refractivity (Wildman–Crippen MR) is 75.5 cm³/mol. The largest absolute Gasteiger partial charge is 0.385 e. The summed E-state index contributed by atoms with van der Waals surface area (Å²) in [6.45, 7) is 10.2. The number of imidazole rings is 1. The fourth-order valence-corrected chi connectivity index (χ4v) is 2.24. The molecule has 0 bridgehead atoms. The van der Waals surface area contributed by atoms with E-state index >= 15 is 0 Å². The molecule has 1 aromatic heterocycles. The van der Waals surface area contributed by atoms with Crippen molar-refractivity contribution in [2.24, 2.45) is 0 Å². The lowest BCUT2D eigenvalue weighted by Crippen LogP contribution is -2.44. The maximum atomic E-state index is 11.4. The topological polar surface area (TPSA) is 61.0 Å². The van der Waals surface area contributed by atoms with Crippen LogP contribution in [0, 0.1) is 0 Å². The van der Waals surface area contributed by atoms with Crippen molar-refractivity contribution in [3.63, 3.8) is 0 Å². The van der Waals surface area contributed by atoms with Gasteiger partial charge in [0.25, 0.3) is 0 Å². The predicted octanol–water partition coefficient (Wildman–Crippen LogP) is 1.50. The Labute approximate surface area is 114 Å². The van der Waals surface area contributed by atoms with Gasteiger partial charge in [0.2, 0.25) is 5.91 Å². The molecule has 1 aliphatic heterocycles. The molecule has 1 aliphatic rings. The molecule has 5 heteroatoms. The Bertz CT molecular complexity index is 496. The highest BCUT2D eigenvalue weighted by molar-refractivity contribution is 5.74. The van der Waals surface area contributed by atoms with Gasteiger partial charge in [-0.2, -0.15) is 0 Å². The second-order valence-corrected chi connectivity index (χ2v) is 5.95. The summed E-state index contributed by atoms with van der Waals surface area (Å²) in [4.78, 5) is 20.8. The van der Waals surface area contributed by atoms with Gasteiger partial charge < -0.3 is 15.2 Å². The maximum absolute atomic E-state index is 11.4. The van der Waals surface area contributed by atoms with Gasteiger partial charge in [-0.05, 0) is 6.08 Å². The van der Waals surface area contributed by atoms with E-state index in [-0.39, 0.29) is 11.3 Å². The molecule has 0 saturated carbocycles. The van der Waals surface area contributed by atoms with E-state index in [9.17, 15) is 4.79 Å². The molecule has 5 nitrogen and oxygen atoms in total. The van der Waals surface area contributed by atoms with Crippen molar-refractivity contribution in [1.82, 2.24) is 20.2 Å². The number of nitrogens with one attached hydrogen (secondary N) is 2. The molecule has 0 aromatic carbocycles. The number of carbonyl (C=O) groups excluding carboxylic acids is 1. The lowest BCUT2D eigenvalue weighted by atomic mass is 9.90. The molecule has 0 aliphatic carbocycles. The van der Waals surface area contributed by atoms with Crippen LogP contribution in [-0.2, 0) is 10.2 Å². The molecule has 0 radical (unpaired) electrons. The van der Waals surface area contributed by atoms with Crippen molar-refractivity contribution in [2.75, 3.05) is 19.6 Å². The van der Waals surface area contributed by atoms with Crippen LogP contribution in [0.2, 0.25) is 0 Å². The number of carbonyl (C=O) groups is 1. The molecule has 19 heavy (non-hydrogen) atoms. The zero-order valence-corrected chi connectivity index (χ0v) is 12.1. The Morgan fingerprint density at radius 1 is 1.47 bits per heavy atom. The summed E-state index contributed by atoms with van der Waals surface area (Å²) in [5, 5.41) is 3.33. The molecule has 2 heterocycles. The van der Waals surface area contributed by atoms with Crippen LogP contribution in [-0.4, -0.2) is 40.4 Å². The van der Waals surface area contributed by atoms with E-state index in [1.54, 1.807) is 13.3 Å². The molecule has 0 atom stereocenters. The maximum Gasteiger partial charge on any atom is 0.219 e. The van der Waals surface area contributed by atoms with E-state index in [0.717, 1.165) is 30.2 Å². The molecule has 104 valence electrons. The van der Waals surface area contributed by atoms with E-state index in [1.165, 1.54) is 0 Å². The van der Waals surface area contributed by atoms with E-state index in [1.807, 2.05) is 11.0 Å². The standard InChI is InChI=1S/C14H22N4O/c1-10(19)18-6-5-15-11(8-18)7-12-13(14(2,3)4)17-9-16-12/h7,9,15H,5-6,8H2,1-4H3,(H,16,17)/b11-7-. The van der Waals surface area contributed by atoms with Crippen LogP contribution in [0.5, 0.6) is 0 Å². The Balaban J connectivity index is 2.22. The lowest BCUT2D eigenvalue weighted by Gasteiger charge is -2.29. The molecule has 1 fully saturated rings. The van der Waals surface area contributed by atoms with Crippen molar-refractivity contribution in [3.8, 4) is 0 Å². The van der Waals surface area contributed by atoms with E-state index < -0.39 is 0 Å². The van der Waals surface area contributed by atoms with Gasteiger partial charge in [-0.25, -0.2) is 4.98 Å². The zero-order chi connectivity index (χ0) is 14.0. The molecule has 2 N–H and O–H groups in total. The number of aromatic nitrogens is 2. The van der Waals surface area contributed by atoms with Crippen LogP contribution < -0.4 is 5.32 Å². The minimum atomic E-state index is 0.0256. The van der Waals surface area contributed by atoms with Crippen molar-refractivity contribution in [2.45, 2.75) is 33.1 Å². The Hall–Kier alpha value is -1.78. The van der Waals surface area contributed by atoms with Crippen molar-refractivity contribution >= 4 is 12.0 Å². The Morgan fingerprint density at radius 2 is 2.21 bits per heavy atom. The summed E-state index contributed by atoms with van der Waals surface area (Å²) >= 11 is 0. The minimum absolute atomic E-state index is 0.0256. The van der Waals surface area contributed by atoms with Crippen LogP contribution in [0.4, 0.5) is 0 Å². The monoisotopic (exact) mass is 262 g/mol. The van der Waals surface area contributed by atoms with Gasteiger partial charge in [-0.3, -0.25) is 4.79 Å². The number of hydrogen-bond donors (Lipinski definition) is 2. The number of H-pyrrole nitrogens is 1. The first-order valence-corrected chi connectivity index (χ1v) is 6.62. The number of hydrogen-bond acceptors (Lipinski definition) is 3. The number of amides is 1. The summed E-state index contributed by atoms with van der Waals surface area (Å²) in [5.41, 5.74) is 3.12. The fraction of sp³-hybridized carbons (Fsp3) is 0.571. The quantitative estimate of drug-likeness (QED) is 0.806. The highest BCUT2D eigenvalue weighted by Gasteiger charge is 2.21.